The molecule has 0 amide bonds. The molecule has 0 heterocycles. The molecule has 2 aliphatic rings. The molecule has 1 aromatic rings. The predicted octanol–water partition coefficient (Wildman–Crippen LogP) is 3.94. The molecule has 0 saturated heterocycles. The summed E-state index contributed by atoms with van der Waals surface area (Å²) in [6, 6.07) is 8.58. The number of fused-ring (bicyclic) bond motifs is 2. The highest BCUT2D eigenvalue weighted by Crippen LogP contribution is 2.51. The van der Waals surface area contributed by atoms with Gasteiger partial charge in [-0.15, -0.1) is 6.58 Å². The molecule has 1 atom stereocenters. The van der Waals surface area contributed by atoms with Crippen molar-refractivity contribution < 1.29 is 4.79 Å². The fraction of sp³-hybridized carbons (Fsp3) is 0.353. The van der Waals surface area contributed by atoms with E-state index in [0.717, 1.165) is 32.1 Å². The lowest BCUT2D eigenvalue weighted by Crippen LogP contribution is -2.28. The van der Waals surface area contributed by atoms with Gasteiger partial charge in [0, 0.05) is 0 Å². The Hall–Kier alpha value is -1.63. The van der Waals surface area contributed by atoms with Crippen LogP contribution in [-0.2, 0) is 11.2 Å². The van der Waals surface area contributed by atoms with Gasteiger partial charge in [-0.1, -0.05) is 30.3 Å². The molecule has 3 rings (SSSR count). The van der Waals surface area contributed by atoms with Crippen molar-refractivity contribution >= 4 is 11.9 Å². The monoisotopic (exact) mass is 238 g/mol. The van der Waals surface area contributed by atoms with Crippen molar-refractivity contribution in [3.63, 3.8) is 0 Å². The topological polar surface area (TPSA) is 17.1 Å². The average Bonchev–Trinajstić information content (AvgIpc) is 2.79. The van der Waals surface area contributed by atoms with Crippen LogP contribution in [0.15, 0.2) is 42.5 Å². The maximum absolute atomic E-state index is 11.7. The van der Waals surface area contributed by atoms with Crippen LogP contribution in [-0.4, -0.2) is 6.29 Å². The molecule has 0 radical (unpaired) electrons. The fourth-order valence-corrected chi connectivity index (χ4v) is 3.58. The molecule has 0 spiro atoms. The zero-order valence-electron chi connectivity index (χ0n) is 10.6. The third-order valence-corrected chi connectivity index (χ3v) is 4.46. The van der Waals surface area contributed by atoms with Crippen molar-refractivity contribution in [3.8, 4) is 0 Å². The molecule has 0 saturated carbocycles. The van der Waals surface area contributed by atoms with E-state index in [4.69, 9.17) is 0 Å². The second-order valence-corrected chi connectivity index (χ2v) is 5.41. The first-order valence-electron chi connectivity index (χ1n) is 6.69. The molecule has 1 aromatic carbocycles. The number of rotatable bonds is 3. The minimum atomic E-state index is -0.269. The summed E-state index contributed by atoms with van der Waals surface area (Å²) in [5, 5.41) is 0. The van der Waals surface area contributed by atoms with Crippen LogP contribution in [0, 0.1) is 5.41 Å². The summed E-state index contributed by atoms with van der Waals surface area (Å²) >= 11 is 0. The van der Waals surface area contributed by atoms with Gasteiger partial charge in [-0.25, -0.2) is 0 Å². The van der Waals surface area contributed by atoms with E-state index in [1.54, 1.807) is 0 Å². The van der Waals surface area contributed by atoms with E-state index < -0.39 is 0 Å². The quantitative estimate of drug-likeness (QED) is 0.576. The van der Waals surface area contributed by atoms with Crippen molar-refractivity contribution in [2.75, 3.05) is 0 Å². The number of hydrogen-bond donors (Lipinski definition) is 0. The highest BCUT2D eigenvalue weighted by atomic mass is 16.1. The van der Waals surface area contributed by atoms with Gasteiger partial charge in [-0.2, -0.15) is 0 Å². The number of carbonyl (C=O) groups excluding carboxylic acids is 1. The van der Waals surface area contributed by atoms with Crippen molar-refractivity contribution in [3.05, 3.63) is 53.6 Å². The van der Waals surface area contributed by atoms with Gasteiger partial charge in [0.2, 0.25) is 0 Å². The molecule has 0 aromatic heterocycles. The molecular formula is C17H18O. The van der Waals surface area contributed by atoms with E-state index in [1.165, 1.54) is 28.6 Å². The summed E-state index contributed by atoms with van der Waals surface area (Å²) in [5.74, 6) is 0. The lowest BCUT2D eigenvalue weighted by molar-refractivity contribution is -0.114. The number of allylic oxidation sites excluding steroid dienone is 3. The van der Waals surface area contributed by atoms with Gasteiger partial charge in [0.1, 0.15) is 6.29 Å². The molecule has 0 bridgehead atoms. The Morgan fingerprint density at radius 1 is 1.33 bits per heavy atom. The van der Waals surface area contributed by atoms with Crippen LogP contribution in [0.4, 0.5) is 0 Å². The van der Waals surface area contributed by atoms with E-state index in [1.807, 2.05) is 6.08 Å². The minimum absolute atomic E-state index is 0.269. The van der Waals surface area contributed by atoms with Crippen LogP contribution >= 0.6 is 0 Å². The van der Waals surface area contributed by atoms with E-state index in [2.05, 4.69) is 30.8 Å². The summed E-state index contributed by atoms with van der Waals surface area (Å²) in [7, 11) is 0. The van der Waals surface area contributed by atoms with Crippen molar-refractivity contribution in [1.82, 2.24) is 0 Å². The number of hydrogen-bond acceptors (Lipinski definition) is 1. The summed E-state index contributed by atoms with van der Waals surface area (Å²) in [6.07, 6.45) is 8.03. The Kier molecular flexibility index (Phi) is 2.70. The first kappa shape index (κ1) is 11.5. The van der Waals surface area contributed by atoms with E-state index in [-0.39, 0.29) is 5.41 Å². The summed E-state index contributed by atoms with van der Waals surface area (Å²) in [4.78, 5) is 11.7. The van der Waals surface area contributed by atoms with E-state index in [0.29, 0.717) is 0 Å². The molecule has 92 valence electrons. The third kappa shape index (κ3) is 1.50. The highest BCUT2D eigenvalue weighted by Gasteiger charge is 2.40. The van der Waals surface area contributed by atoms with Crippen LogP contribution in [0.25, 0.3) is 5.57 Å². The summed E-state index contributed by atoms with van der Waals surface area (Å²) < 4.78 is 0. The first-order chi connectivity index (χ1) is 8.80. The summed E-state index contributed by atoms with van der Waals surface area (Å²) in [5.41, 5.74) is 5.30. The van der Waals surface area contributed by atoms with Gasteiger partial charge >= 0.3 is 0 Å². The molecule has 1 nitrogen and oxygen atoms in total. The SMILES string of the molecule is C=CC[C@]1(C=O)CCCC2=C1Cc1ccccc12. The standard InChI is InChI=1S/C17H18O/c1-2-9-17(12-18)10-5-8-15-14-7-4-3-6-13(14)11-16(15)17/h2-4,6-7,12H,1,5,8-11H2/t17-/m1/s1. The molecule has 0 aliphatic heterocycles. The lowest BCUT2D eigenvalue weighted by Gasteiger charge is -2.34. The van der Waals surface area contributed by atoms with Gasteiger partial charge in [-0.3, -0.25) is 0 Å². The molecule has 0 unspecified atom stereocenters. The van der Waals surface area contributed by atoms with Crippen LogP contribution < -0.4 is 0 Å². The molecule has 18 heavy (non-hydrogen) atoms. The molecule has 2 aliphatic carbocycles. The summed E-state index contributed by atoms with van der Waals surface area (Å²) in [6.45, 7) is 3.83. The highest BCUT2D eigenvalue weighted by molar-refractivity contribution is 5.83. The van der Waals surface area contributed by atoms with Crippen LogP contribution in [0.3, 0.4) is 0 Å². The Labute approximate surface area is 108 Å². The second-order valence-electron chi connectivity index (χ2n) is 5.41. The maximum Gasteiger partial charge on any atom is 0.130 e. The van der Waals surface area contributed by atoms with Crippen molar-refractivity contribution in [2.24, 2.45) is 5.41 Å². The Balaban J connectivity index is 2.12. The zero-order chi connectivity index (χ0) is 12.6. The van der Waals surface area contributed by atoms with Crippen LogP contribution in [0.1, 0.15) is 36.8 Å². The van der Waals surface area contributed by atoms with E-state index in [9.17, 15) is 4.79 Å². The van der Waals surface area contributed by atoms with Gasteiger partial charge in [0.25, 0.3) is 0 Å². The zero-order valence-corrected chi connectivity index (χ0v) is 10.6. The Morgan fingerprint density at radius 3 is 2.94 bits per heavy atom. The largest absolute Gasteiger partial charge is 0.302 e. The van der Waals surface area contributed by atoms with Crippen molar-refractivity contribution in [2.45, 2.75) is 32.1 Å². The fourth-order valence-electron chi connectivity index (χ4n) is 3.58. The van der Waals surface area contributed by atoms with Gasteiger partial charge in [0.15, 0.2) is 0 Å². The normalized spacial score (nSPS) is 25.6. The minimum Gasteiger partial charge on any atom is -0.302 e. The van der Waals surface area contributed by atoms with Crippen LogP contribution in [0.2, 0.25) is 0 Å². The number of benzene rings is 1. The first-order valence-corrected chi connectivity index (χ1v) is 6.69. The molecular weight excluding hydrogens is 220 g/mol. The Morgan fingerprint density at radius 2 is 2.17 bits per heavy atom. The van der Waals surface area contributed by atoms with Crippen LogP contribution in [0.5, 0.6) is 0 Å². The molecule has 0 fully saturated rings. The predicted molar refractivity (Wildman–Crippen MR) is 74.2 cm³/mol. The number of aldehydes is 1. The lowest BCUT2D eigenvalue weighted by atomic mass is 9.69. The average molecular weight is 238 g/mol. The second kappa shape index (κ2) is 4.24. The van der Waals surface area contributed by atoms with Gasteiger partial charge in [0.05, 0.1) is 5.41 Å². The number of carbonyl (C=O) groups is 1. The van der Waals surface area contributed by atoms with Gasteiger partial charge < -0.3 is 4.79 Å². The maximum atomic E-state index is 11.7. The van der Waals surface area contributed by atoms with E-state index >= 15 is 0 Å². The molecule has 0 N–H and O–H groups in total. The van der Waals surface area contributed by atoms with Crippen molar-refractivity contribution in [1.29, 1.82) is 0 Å². The Bertz CT molecular complexity index is 538. The third-order valence-electron chi connectivity index (χ3n) is 4.46. The smallest absolute Gasteiger partial charge is 0.130 e. The van der Waals surface area contributed by atoms with Gasteiger partial charge in [-0.05, 0) is 54.4 Å². The molecule has 1 heteroatoms.